The Bertz CT molecular complexity index is 2170. The Morgan fingerprint density at radius 1 is 0.486 bits per heavy atom. The third-order valence-corrected chi connectivity index (χ3v) is 8.34. The van der Waals surface area contributed by atoms with E-state index in [1.165, 1.54) is 71.0 Å². The molecule has 37 heavy (non-hydrogen) atoms. The Morgan fingerprint density at radius 3 is 1.86 bits per heavy atom. The minimum atomic E-state index is 0.827. The normalized spacial score (nSPS) is 12.3. The zero-order valence-electron chi connectivity index (χ0n) is 21.1. The molecule has 3 heterocycles. The quantitative estimate of drug-likeness (QED) is 0.242. The molecule has 3 aromatic heterocycles. The van der Waals surface area contributed by atoms with Crippen LogP contribution in [0.1, 0.15) is 12.5 Å². The Morgan fingerprint density at radius 2 is 1.11 bits per heavy atom. The third-order valence-electron chi connectivity index (χ3n) is 8.34. The summed E-state index contributed by atoms with van der Waals surface area (Å²) in [6, 6.07) is 37.9. The number of rotatable bonds is 3. The van der Waals surface area contributed by atoms with Crippen LogP contribution in [0.15, 0.2) is 103 Å². The van der Waals surface area contributed by atoms with E-state index < -0.39 is 0 Å². The summed E-state index contributed by atoms with van der Waals surface area (Å²) in [4.78, 5) is 0. The predicted octanol–water partition coefficient (Wildman–Crippen LogP) is 8.62. The summed E-state index contributed by atoms with van der Waals surface area (Å²) in [7, 11) is 2.18. The number of benzene rings is 5. The molecule has 0 N–H and O–H groups in total. The van der Waals surface area contributed by atoms with Gasteiger partial charge in [-0.1, -0.05) is 72.8 Å². The Balaban J connectivity index is 1.48. The van der Waals surface area contributed by atoms with E-state index in [1.54, 1.807) is 0 Å². The molecule has 0 radical (unpaired) electrons. The Kier molecular flexibility index (Phi) is 4.19. The molecule has 5 aromatic carbocycles. The van der Waals surface area contributed by atoms with Crippen molar-refractivity contribution in [3.8, 4) is 0 Å². The highest BCUT2D eigenvalue weighted by Gasteiger charge is 2.19. The van der Waals surface area contributed by atoms with Crippen LogP contribution in [0.5, 0.6) is 0 Å². The maximum Gasteiger partial charge on any atom is 0.0592 e. The van der Waals surface area contributed by atoms with Crippen LogP contribution in [0.2, 0.25) is 0 Å². The summed E-state index contributed by atoms with van der Waals surface area (Å²) in [5, 5.41) is 8.03. The van der Waals surface area contributed by atoms with Gasteiger partial charge in [0.1, 0.15) is 0 Å². The first-order valence-electron chi connectivity index (χ1n) is 13.1. The zero-order valence-corrected chi connectivity index (χ0v) is 21.1. The molecular formula is C34H27N3. The highest BCUT2D eigenvalue weighted by molar-refractivity contribution is 6.25. The Labute approximate surface area is 214 Å². The van der Waals surface area contributed by atoms with Crippen molar-refractivity contribution in [1.29, 1.82) is 0 Å². The lowest BCUT2D eigenvalue weighted by atomic mass is 10.1. The molecule has 178 valence electrons. The van der Waals surface area contributed by atoms with Crippen molar-refractivity contribution in [3.63, 3.8) is 0 Å². The van der Waals surface area contributed by atoms with Gasteiger partial charge >= 0.3 is 0 Å². The first kappa shape index (κ1) is 20.7. The minimum Gasteiger partial charge on any atom is -0.344 e. The molecule has 0 amide bonds. The van der Waals surface area contributed by atoms with Gasteiger partial charge in [0.25, 0.3) is 0 Å². The number of fused-ring (bicyclic) bond motifs is 10. The molecule has 8 rings (SSSR count). The lowest BCUT2D eigenvalue weighted by Gasteiger charge is -2.10. The van der Waals surface area contributed by atoms with Gasteiger partial charge in [0.05, 0.1) is 11.0 Å². The van der Waals surface area contributed by atoms with Crippen LogP contribution in [0.25, 0.3) is 65.4 Å². The van der Waals surface area contributed by atoms with Crippen molar-refractivity contribution in [1.82, 2.24) is 13.7 Å². The predicted molar refractivity (Wildman–Crippen MR) is 158 cm³/mol. The second kappa shape index (κ2) is 7.50. The number of aryl methyl sites for hydroxylation is 2. The van der Waals surface area contributed by atoms with Crippen LogP contribution in [0.4, 0.5) is 0 Å². The molecule has 0 saturated heterocycles. The maximum atomic E-state index is 2.53. The van der Waals surface area contributed by atoms with Gasteiger partial charge in [-0.2, -0.15) is 0 Å². The SMILES string of the molecule is CCn1c2ccccc2c2ccc3c(c4ccccc4n3Cc3cccc4c3c3ccccc3n4C)c21. The number of aromatic nitrogens is 3. The molecule has 0 aliphatic heterocycles. The molecule has 3 heteroatoms. The summed E-state index contributed by atoms with van der Waals surface area (Å²) < 4.78 is 7.34. The standard InChI is InChI=1S/C34H27N3/c1-3-36-28-16-8-4-12-23(28)24-19-20-31-33(34(24)36)26-14-6-9-17-29(26)37(31)21-22-11-10-18-30-32(22)25-13-5-7-15-27(25)35(30)2/h4-20H,3,21H2,1-2H3. The first-order valence-corrected chi connectivity index (χ1v) is 13.1. The lowest BCUT2D eigenvalue weighted by Crippen LogP contribution is -2.00. The van der Waals surface area contributed by atoms with Gasteiger partial charge in [0.2, 0.25) is 0 Å². The summed E-state index contributed by atoms with van der Waals surface area (Å²) in [5.74, 6) is 0. The van der Waals surface area contributed by atoms with E-state index in [1.807, 2.05) is 0 Å². The van der Waals surface area contributed by atoms with Crippen LogP contribution in [-0.4, -0.2) is 13.7 Å². The number of nitrogens with zero attached hydrogens (tertiary/aromatic N) is 3. The maximum absolute atomic E-state index is 2.53. The minimum absolute atomic E-state index is 0.827. The van der Waals surface area contributed by atoms with Gasteiger partial charge < -0.3 is 13.7 Å². The smallest absolute Gasteiger partial charge is 0.0592 e. The van der Waals surface area contributed by atoms with Gasteiger partial charge in [-0.25, -0.2) is 0 Å². The summed E-state index contributed by atoms with van der Waals surface area (Å²) >= 11 is 0. The van der Waals surface area contributed by atoms with Gasteiger partial charge in [0, 0.05) is 74.5 Å². The highest BCUT2D eigenvalue weighted by Crippen LogP contribution is 2.40. The molecular weight excluding hydrogens is 450 g/mol. The largest absolute Gasteiger partial charge is 0.344 e. The molecule has 0 unspecified atom stereocenters. The average Bonchev–Trinajstić information content (AvgIpc) is 3.55. The summed E-state index contributed by atoms with van der Waals surface area (Å²) in [6.45, 7) is 4.02. The van der Waals surface area contributed by atoms with Crippen molar-refractivity contribution in [2.45, 2.75) is 20.0 Å². The molecule has 8 aromatic rings. The van der Waals surface area contributed by atoms with Gasteiger partial charge in [0.15, 0.2) is 0 Å². The van der Waals surface area contributed by atoms with Crippen molar-refractivity contribution < 1.29 is 0 Å². The van der Waals surface area contributed by atoms with Gasteiger partial charge in [-0.15, -0.1) is 0 Å². The zero-order chi connectivity index (χ0) is 24.7. The lowest BCUT2D eigenvalue weighted by molar-refractivity contribution is 0.829. The second-order valence-corrected chi connectivity index (χ2v) is 10.1. The molecule has 0 spiro atoms. The van der Waals surface area contributed by atoms with Crippen molar-refractivity contribution in [2.75, 3.05) is 0 Å². The van der Waals surface area contributed by atoms with E-state index in [4.69, 9.17) is 0 Å². The number of para-hydroxylation sites is 3. The van der Waals surface area contributed by atoms with Crippen molar-refractivity contribution in [3.05, 3.63) is 109 Å². The van der Waals surface area contributed by atoms with E-state index in [2.05, 4.69) is 131 Å². The van der Waals surface area contributed by atoms with Crippen molar-refractivity contribution >= 4 is 65.4 Å². The molecule has 0 saturated carbocycles. The Hall–Kier alpha value is -4.50. The summed E-state index contributed by atoms with van der Waals surface area (Å²) in [5.41, 5.74) is 9.16. The average molecular weight is 478 g/mol. The third kappa shape index (κ3) is 2.66. The van der Waals surface area contributed by atoms with E-state index >= 15 is 0 Å². The molecule has 3 nitrogen and oxygen atoms in total. The van der Waals surface area contributed by atoms with Crippen LogP contribution in [0, 0.1) is 0 Å². The molecule has 0 aliphatic rings. The van der Waals surface area contributed by atoms with Crippen LogP contribution in [0.3, 0.4) is 0 Å². The molecule has 0 aliphatic carbocycles. The van der Waals surface area contributed by atoms with Crippen LogP contribution in [-0.2, 0) is 20.1 Å². The number of hydrogen-bond acceptors (Lipinski definition) is 0. The van der Waals surface area contributed by atoms with Crippen LogP contribution < -0.4 is 0 Å². The molecule has 0 fully saturated rings. The summed E-state index contributed by atoms with van der Waals surface area (Å²) in [6.07, 6.45) is 0. The van der Waals surface area contributed by atoms with Crippen LogP contribution >= 0.6 is 0 Å². The van der Waals surface area contributed by atoms with E-state index in [0.29, 0.717) is 0 Å². The van der Waals surface area contributed by atoms with E-state index in [-0.39, 0.29) is 0 Å². The molecule has 0 bridgehead atoms. The van der Waals surface area contributed by atoms with Crippen molar-refractivity contribution in [2.24, 2.45) is 7.05 Å². The monoisotopic (exact) mass is 477 g/mol. The van der Waals surface area contributed by atoms with Gasteiger partial charge in [-0.3, -0.25) is 0 Å². The number of hydrogen-bond donors (Lipinski definition) is 0. The topological polar surface area (TPSA) is 14.8 Å². The van der Waals surface area contributed by atoms with Gasteiger partial charge in [-0.05, 0) is 42.8 Å². The fourth-order valence-electron chi connectivity index (χ4n) is 6.76. The fourth-order valence-corrected chi connectivity index (χ4v) is 6.76. The first-order chi connectivity index (χ1) is 18.3. The second-order valence-electron chi connectivity index (χ2n) is 10.1. The van der Waals surface area contributed by atoms with E-state index in [0.717, 1.165) is 13.1 Å². The molecule has 0 atom stereocenters. The van der Waals surface area contributed by atoms with E-state index in [9.17, 15) is 0 Å². The highest BCUT2D eigenvalue weighted by atomic mass is 15.0. The fraction of sp³-hybridized carbons (Fsp3) is 0.118.